The number of aromatic nitrogens is 3. The number of alkyl halides is 2. The topological polar surface area (TPSA) is 107 Å². The van der Waals surface area contributed by atoms with Crippen LogP contribution in [-0.4, -0.2) is 84.3 Å². The number of benzene rings is 1. The van der Waals surface area contributed by atoms with Gasteiger partial charge in [-0.2, -0.15) is 0 Å². The summed E-state index contributed by atoms with van der Waals surface area (Å²) in [5.74, 6) is -0.900. The Bertz CT molecular complexity index is 1470. The molecule has 13 heteroatoms. The number of likely N-dealkylation sites (N-methyl/N-ethyl adjacent to an activating group) is 1. The lowest BCUT2D eigenvalue weighted by Gasteiger charge is -2.39. The van der Waals surface area contributed by atoms with Crippen molar-refractivity contribution in [1.82, 2.24) is 19.9 Å². The number of halogens is 3. The molecular weight excluding hydrogens is 539 g/mol. The van der Waals surface area contributed by atoms with Crippen molar-refractivity contribution in [3.63, 3.8) is 0 Å². The lowest BCUT2D eigenvalue weighted by molar-refractivity contribution is 0.0981. The third-order valence-electron chi connectivity index (χ3n) is 7.64. The summed E-state index contributed by atoms with van der Waals surface area (Å²) in [5.41, 5.74) is -0.632. The summed E-state index contributed by atoms with van der Waals surface area (Å²) in [6.45, 7) is 7.63. The average Bonchev–Trinajstić information content (AvgIpc) is 2.95. The summed E-state index contributed by atoms with van der Waals surface area (Å²) >= 11 is 0. The largest absolute Gasteiger partial charge is 0.377 e. The Morgan fingerprint density at radius 1 is 1.12 bits per heavy atom. The van der Waals surface area contributed by atoms with E-state index in [1.54, 1.807) is 0 Å². The number of hydrogen-bond donors (Lipinski definition) is 2. The summed E-state index contributed by atoms with van der Waals surface area (Å²) < 4.78 is 48.5. The number of piperazine rings is 1. The van der Waals surface area contributed by atoms with Gasteiger partial charge in [0.15, 0.2) is 0 Å². The summed E-state index contributed by atoms with van der Waals surface area (Å²) in [6, 6.07) is 3.75. The number of amides is 1. The predicted molar refractivity (Wildman–Crippen MR) is 149 cm³/mol. The van der Waals surface area contributed by atoms with Gasteiger partial charge < -0.3 is 29.7 Å². The molecule has 2 fully saturated rings. The number of nitrogens with zero attached hydrogens (tertiary/aromatic N) is 5. The van der Waals surface area contributed by atoms with Crippen molar-refractivity contribution in [2.75, 3.05) is 61.6 Å². The fourth-order valence-electron chi connectivity index (χ4n) is 5.10. The van der Waals surface area contributed by atoms with Crippen LogP contribution in [-0.2, 0) is 4.74 Å². The van der Waals surface area contributed by atoms with Gasteiger partial charge in [-0.25, -0.2) is 23.1 Å². The first-order valence-electron chi connectivity index (χ1n) is 13.4. The van der Waals surface area contributed by atoms with Crippen molar-refractivity contribution in [3.8, 4) is 11.1 Å². The maximum atomic E-state index is 15.7. The second-order valence-electron chi connectivity index (χ2n) is 10.4. The minimum atomic E-state index is -3.04. The van der Waals surface area contributed by atoms with Crippen LogP contribution in [0.4, 0.5) is 30.5 Å². The van der Waals surface area contributed by atoms with Gasteiger partial charge in [0.25, 0.3) is 12.3 Å². The van der Waals surface area contributed by atoms with Gasteiger partial charge in [-0.3, -0.25) is 9.59 Å². The van der Waals surface area contributed by atoms with E-state index in [1.165, 1.54) is 24.5 Å². The Labute approximate surface area is 235 Å². The van der Waals surface area contributed by atoms with Crippen LogP contribution in [0.3, 0.4) is 0 Å². The van der Waals surface area contributed by atoms with E-state index in [4.69, 9.17) is 4.74 Å². The van der Waals surface area contributed by atoms with Crippen molar-refractivity contribution >= 4 is 23.2 Å². The highest BCUT2D eigenvalue weighted by atomic mass is 19.3. The first-order valence-corrected chi connectivity index (χ1v) is 13.4. The normalized spacial score (nSPS) is 20.0. The van der Waals surface area contributed by atoms with Crippen molar-refractivity contribution in [3.05, 3.63) is 64.1 Å². The molecule has 41 heavy (non-hydrogen) atoms. The van der Waals surface area contributed by atoms with E-state index in [9.17, 15) is 18.4 Å². The zero-order valence-electron chi connectivity index (χ0n) is 23.0. The standard InChI is InChI=1S/C28H32F3N7O3/c1-16-14-37(5-4-36(16)3)24-10-22(29)19(18-11-33-28(34-12-18)38-6-7-41-15-17(38)2)8-23(24)35-27(40)21-13-32-25(39)9-20(21)26(30)31/h8-13,16-17,26H,4-7,14-15H2,1-3H3,(H,32,39)(H,35,40)/t16-,17-/m0/s1. The smallest absolute Gasteiger partial charge is 0.264 e. The maximum absolute atomic E-state index is 15.7. The lowest BCUT2D eigenvalue weighted by atomic mass is 10.0. The third kappa shape index (κ3) is 6.05. The molecule has 0 radical (unpaired) electrons. The van der Waals surface area contributed by atoms with E-state index in [0.29, 0.717) is 62.7 Å². The molecule has 0 aliphatic carbocycles. The van der Waals surface area contributed by atoms with Gasteiger partial charge in [0.2, 0.25) is 11.5 Å². The molecule has 2 aliphatic rings. The average molecular weight is 572 g/mol. The number of H-pyrrole nitrogens is 1. The van der Waals surface area contributed by atoms with E-state index >= 15 is 4.39 Å². The fourth-order valence-corrected chi connectivity index (χ4v) is 5.10. The number of carbonyl (C=O) groups is 1. The summed E-state index contributed by atoms with van der Waals surface area (Å²) in [6.07, 6.45) is 0.955. The molecule has 2 saturated heterocycles. The Morgan fingerprint density at radius 3 is 2.56 bits per heavy atom. The third-order valence-corrected chi connectivity index (χ3v) is 7.64. The monoisotopic (exact) mass is 571 g/mol. The minimum absolute atomic E-state index is 0.0875. The van der Waals surface area contributed by atoms with Crippen LogP contribution in [0, 0.1) is 5.82 Å². The number of pyridine rings is 1. The van der Waals surface area contributed by atoms with E-state index < -0.39 is 29.3 Å². The Kier molecular flexibility index (Phi) is 8.27. The molecule has 3 aromatic rings. The fraction of sp³-hybridized carbons (Fsp3) is 0.429. The van der Waals surface area contributed by atoms with Crippen molar-refractivity contribution < 1.29 is 22.7 Å². The second-order valence-corrected chi connectivity index (χ2v) is 10.4. The van der Waals surface area contributed by atoms with Crippen LogP contribution in [0.25, 0.3) is 11.1 Å². The molecule has 0 saturated carbocycles. The van der Waals surface area contributed by atoms with E-state index in [0.717, 1.165) is 6.20 Å². The molecule has 0 bridgehead atoms. The molecule has 0 spiro atoms. The van der Waals surface area contributed by atoms with Gasteiger partial charge in [0.05, 0.1) is 36.2 Å². The van der Waals surface area contributed by atoms with Crippen LogP contribution < -0.4 is 20.7 Å². The van der Waals surface area contributed by atoms with Crippen molar-refractivity contribution in [2.24, 2.45) is 0 Å². The molecule has 10 nitrogen and oxygen atoms in total. The summed E-state index contributed by atoms with van der Waals surface area (Å²) in [7, 11) is 2.00. The number of carbonyl (C=O) groups excluding carboxylic acids is 1. The van der Waals surface area contributed by atoms with Crippen LogP contribution in [0.15, 0.2) is 41.6 Å². The lowest BCUT2D eigenvalue weighted by Crippen LogP contribution is -2.50. The van der Waals surface area contributed by atoms with Crippen LogP contribution in [0.1, 0.15) is 36.2 Å². The van der Waals surface area contributed by atoms with Gasteiger partial charge in [-0.05, 0) is 33.0 Å². The number of morpholine rings is 1. The van der Waals surface area contributed by atoms with Crippen molar-refractivity contribution in [2.45, 2.75) is 32.4 Å². The molecule has 2 atom stereocenters. The molecule has 4 heterocycles. The van der Waals surface area contributed by atoms with Gasteiger partial charge in [0.1, 0.15) is 5.82 Å². The van der Waals surface area contributed by atoms with Crippen LogP contribution in [0.2, 0.25) is 0 Å². The highest BCUT2D eigenvalue weighted by molar-refractivity contribution is 6.07. The van der Waals surface area contributed by atoms with Gasteiger partial charge >= 0.3 is 0 Å². The maximum Gasteiger partial charge on any atom is 0.264 e. The highest BCUT2D eigenvalue weighted by Crippen LogP contribution is 2.36. The minimum Gasteiger partial charge on any atom is -0.377 e. The molecule has 218 valence electrons. The molecule has 2 aromatic heterocycles. The highest BCUT2D eigenvalue weighted by Gasteiger charge is 2.27. The summed E-state index contributed by atoms with van der Waals surface area (Å²) in [4.78, 5) is 42.2. The number of rotatable bonds is 6. The van der Waals surface area contributed by atoms with Gasteiger partial charge in [-0.15, -0.1) is 0 Å². The first-order chi connectivity index (χ1) is 19.6. The van der Waals surface area contributed by atoms with Gasteiger partial charge in [0, 0.05) is 73.6 Å². The quantitative estimate of drug-likeness (QED) is 0.463. The number of nitrogens with one attached hydrogen (secondary N) is 2. The number of ether oxygens (including phenoxy) is 1. The Hall–Kier alpha value is -3.97. The molecule has 2 N–H and O–H groups in total. The zero-order valence-corrected chi connectivity index (χ0v) is 23.0. The Morgan fingerprint density at radius 2 is 1.88 bits per heavy atom. The molecule has 2 aliphatic heterocycles. The number of anilines is 3. The first kappa shape index (κ1) is 28.6. The molecule has 0 unspecified atom stereocenters. The molecule has 1 amide bonds. The molecule has 5 rings (SSSR count). The van der Waals surface area contributed by atoms with E-state index in [2.05, 4.69) is 25.2 Å². The molecule has 1 aromatic carbocycles. The predicted octanol–water partition coefficient (Wildman–Crippen LogP) is 3.53. The van der Waals surface area contributed by atoms with E-state index in [1.807, 2.05) is 30.7 Å². The SMILES string of the molecule is C[C@H]1CN(c2cc(F)c(-c3cnc(N4CCOC[C@@H]4C)nc3)cc2NC(=O)c2c[nH]c(=O)cc2C(F)F)CCN1C. The summed E-state index contributed by atoms with van der Waals surface area (Å²) in [5, 5.41) is 2.69. The second kappa shape index (κ2) is 11.9. The number of hydrogen-bond acceptors (Lipinski definition) is 8. The number of aromatic amines is 1. The van der Waals surface area contributed by atoms with Gasteiger partial charge in [-0.1, -0.05) is 0 Å². The van der Waals surface area contributed by atoms with E-state index in [-0.39, 0.29) is 28.9 Å². The van der Waals surface area contributed by atoms with Crippen LogP contribution in [0.5, 0.6) is 0 Å². The Balaban J connectivity index is 1.52. The van der Waals surface area contributed by atoms with Crippen LogP contribution >= 0.6 is 0 Å². The van der Waals surface area contributed by atoms with Crippen molar-refractivity contribution in [1.29, 1.82) is 0 Å². The zero-order chi connectivity index (χ0) is 29.3. The molecular formula is C28H32F3N7O3.